The molecule has 0 atom stereocenters. The Kier molecular flexibility index (Phi) is 5.24. The number of hydrazine groups is 1. The van der Waals surface area contributed by atoms with Gasteiger partial charge in [-0.2, -0.15) is 0 Å². The Morgan fingerprint density at radius 2 is 2.40 bits per heavy atom. The molecule has 84 valence electrons. The summed E-state index contributed by atoms with van der Waals surface area (Å²) in [6.07, 6.45) is 0. The van der Waals surface area contributed by atoms with Gasteiger partial charge in [0.25, 0.3) is 5.91 Å². The van der Waals surface area contributed by atoms with Crippen LogP contribution in [0.4, 0.5) is 0 Å². The van der Waals surface area contributed by atoms with Crippen molar-refractivity contribution >= 4 is 33.2 Å². The molecule has 1 amide bonds. The molecule has 0 unspecified atom stereocenters. The summed E-state index contributed by atoms with van der Waals surface area (Å²) in [6, 6.07) is 1.98. The van der Waals surface area contributed by atoms with E-state index in [0.717, 1.165) is 9.35 Å². The van der Waals surface area contributed by atoms with Crippen molar-refractivity contribution in [3.05, 3.63) is 20.8 Å². The van der Waals surface area contributed by atoms with Gasteiger partial charge in [-0.05, 0) is 22.0 Å². The average molecular weight is 293 g/mol. The molecule has 1 aromatic rings. The molecule has 0 spiro atoms. The minimum absolute atomic E-state index is 0.0771. The zero-order valence-electron chi connectivity index (χ0n) is 8.62. The van der Waals surface area contributed by atoms with Gasteiger partial charge in [0, 0.05) is 28.8 Å². The molecule has 15 heavy (non-hydrogen) atoms. The highest BCUT2D eigenvalue weighted by atomic mass is 79.9. The Balaban J connectivity index is 2.19. The van der Waals surface area contributed by atoms with Crippen molar-refractivity contribution in [2.75, 3.05) is 20.7 Å². The molecule has 0 bridgehead atoms. The van der Waals surface area contributed by atoms with Crippen LogP contribution in [0.1, 0.15) is 4.88 Å². The van der Waals surface area contributed by atoms with Crippen LogP contribution in [0.25, 0.3) is 0 Å². The number of ether oxygens (including phenoxy) is 1. The van der Waals surface area contributed by atoms with E-state index in [1.165, 1.54) is 0 Å². The van der Waals surface area contributed by atoms with Crippen LogP contribution in [0.2, 0.25) is 0 Å². The van der Waals surface area contributed by atoms with Crippen molar-refractivity contribution < 1.29 is 9.53 Å². The van der Waals surface area contributed by atoms with Gasteiger partial charge in [-0.1, -0.05) is 0 Å². The summed E-state index contributed by atoms with van der Waals surface area (Å²) in [5, 5.41) is 3.58. The van der Waals surface area contributed by atoms with E-state index < -0.39 is 0 Å². The highest BCUT2D eigenvalue weighted by Gasteiger charge is 2.03. The molecule has 1 heterocycles. The molecule has 0 saturated heterocycles. The third kappa shape index (κ3) is 5.27. The van der Waals surface area contributed by atoms with Gasteiger partial charge in [-0.25, -0.2) is 5.01 Å². The maximum Gasteiger partial charge on any atom is 0.260 e. The third-order valence-corrected chi connectivity index (χ3v) is 3.12. The van der Waals surface area contributed by atoms with Gasteiger partial charge in [0.15, 0.2) is 0 Å². The van der Waals surface area contributed by atoms with Crippen molar-refractivity contribution in [2.24, 2.45) is 0 Å². The Hall–Kier alpha value is -0.430. The van der Waals surface area contributed by atoms with Crippen LogP contribution in [-0.2, 0) is 16.1 Å². The van der Waals surface area contributed by atoms with Gasteiger partial charge in [0.05, 0.1) is 6.61 Å². The van der Waals surface area contributed by atoms with Crippen LogP contribution in [0.5, 0.6) is 0 Å². The highest BCUT2D eigenvalue weighted by molar-refractivity contribution is 9.10. The number of rotatable bonds is 5. The summed E-state index contributed by atoms with van der Waals surface area (Å²) in [5.74, 6) is -0.143. The van der Waals surface area contributed by atoms with E-state index >= 15 is 0 Å². The Labute approximate surface area is 101 Å². The smallest absolute Gasteiger partial charge is 0.260 e. The fourth-order valence-corrected chi connectivity index (χ4v) is 2.34. The minimum Gasteiger partial charge on any atom is -0.366 e. The normalized spacial score (nSPS) is 10.7. The molecule has 0 aliphatic rings. The predicted molar refractivity (Wildman–Crippen MR) is 63.5 cm³/mol. The monoisotopic (exact) mass is 292 g/mol. The van der Waals surface area contributed by atoms with E-state index in [1.807, 2.05) is 11.4 Å². The largest absolute Gasteiger partial charge is 0.366 e. The van der Waals surface area contributed by atoms with Crippen LogP contribution >= 0.6 is 27.3 Å². The second-order valence-electron chi connectivity index (χ2n) is 3.15. The minimum atomic E-state index is -0.143. The first-order valence-electron chi connectivity index (χ1n) is 4.35. The summed E-state index contributed by atoms with van der Waals surface area (Å²) < 4.78 is 6.29. The zero-order valence-corrected chi connectivity index (χ0v) is 11.0. The van der Waals surface area contributed by atoms with Gasteiger partial charge in [-0.15, -0.1) is 11.3 Å². The number of nitrogens with zero attached hydrogens (tertiary/aromatic N) is 1. The highest BCUT2D eigenvalue weighted by Crippen LogP contribution is 2.20. The lowest BCUT2D eigenvalue weighted by Gasteiger charge is -2.11. The van der Waals surface area contributed by atoms with Gasteiger partial charge in [0.2, 0.25) is 0 Å². The van der Waals surface area contributed by atoms with Gasteiger partial charge in [-0.3, -0.25) is 10.2 Å². The number of carbonyl (C=O) groups excluding carboxylic acids is 1. The molecule has 0 aliphatic carbocycles. The fourth-order valence-electron chi connectivity index (χ4n) is 0.955. The van der Waals surface area contributed by atoms with Gasteiger partial charge in [0.1, 0.15) is 6.61 Å². The van der Waals surface area contributed by atoms with Crippen LogP contribution in [0, 0.1) is 0 Å². The molecule has 4 nitrogen and oxygen atoms in total. The van der Waals surface area contributed by atoms with Gasteiger partial charge < -0.3 is 4.74 Å². The predicted octanol–water partition coefficient (Wildman–Crippen LogP) is 1.62. The second kappa shape index (κ2) is 6.22. The molecule has 0 aromatic carbocycles. The van der Waals surface area contributed by atoms with Crippen LogP contribution in [0.3, 0.4) is 0 Å². The van der Waals surface area contributed by atoms with Crippen molar-refractivity contribution in [1.29, 1.82) is 0 Å². The summed E-state index contributed by atoms with van der Waals surface area (Å²) in [6.45, 7) is 0.546. The standard InChI is InChI=1S/C9H13BrN2O2S/c1-12(2)11-9(13)5-14-4-8-3-7(10)6-15-8/h3,6H,4-5H2,1-2H3,(H,11,13). The maximum atomic E-state index is 11.2. The van der Waals surface area contributed by atoms with Crippen molar-refractivity contribution in [3.8, 4) is 0 Å². The fraction of sp³-hybridized carbons (Fsp3) is 0.444. The van der Waals surface area contributed by atoms with E-state index in [4.69, 9.17) is 4.74 Å². The SMILES string of the molecule is CN(C)NC(=O)COCc1cc(Br)cs1. The lowest BCUT2D eigenvalue weighted by atomic mass is 10.5. The number of hydrogen-bond acceptors (Lipinski definition) is 4. The zero-order chi connectivity index (χ0) is 11.3. The van der Waals surface area contributed by atoms with E-state index in [-0.39, 0.29) is 12.5 Å². The number of carbonyl (C=O) groups is 1. The summed E-state index contributed by atoms with van der Waals surface area (Å²) in [4.78, 5) is 12.3. The Morgan fingerprint density at radius 1 is 1.67 bits per heavy atom. The molecule has 0 radical (unpaired) electrons. The first-order valence-corrected chi connectivity index (χ1v) is 6.02. The van der Waals surface area contributed by atoms with E-state index in [2.05, 4.69) is 21.4 Å². The molecule has 6 heteroatoms. The quantitative estimate of drug-likeness (QED) is 0.839. The number of amides is 1. The van der Waals surface area contributed by atoms with Crippen LogP contribution in [0.15, 0.2) is 15.9 Å². The Bertz CT molecular complexity index is 328. The van der Waals surface area contributed by atoms with Crippen molar-refractivity contribution in [2.45, 2.75) is 6.61 Å². The molecule has 0 saturated carbocycles. The summed E-state index contributed by atoms with van der Waals surface area (Å²) in [7, 11) is 3.52. The van der Waals surface area contributed by atoms with Crippen LogP contribution < -0.4 is 5.43 Å². The van der Waals surface area contributed by atoms with Gasteiger partial charge >= 0.3 is 0 Å². The van der Waals surface area contributed by atoms with Crippen molar-refractivity contribution in [3.63, 3.8) is 0 Å². The lowest BCUT2D eigenvalue weighted by Crippen LogP contribution is -2.38. The van der Waals surface area contributed by atoms with Crippen molar-refractivity contribution in [1.82, 2.24) is 10.4 Å². The number of thiophene rings is 1. The number of halogens is 1. The summed E-state index contributed by atoms with van der Waals surface area (Å²) >= 11 is 4.96. The molecular weight excluding hydrogens is 280 g/mol. The van der Waals surface area contributed by atoms with E-state index in [0.29, 0.717) is 6.61 Å². The molecular formula is C9H13BrN2O2S. The average Bonchev–Trinajstić information content (AvgIpc) is 2.50. The lowest BCUT2D eigenvalue weighted by molar-refractivity contribution is -0.129. The second-order valence-corrected chi connectivity index (χ2v) is 5.06. The summed E-state index contributed by atoms with van der Waals surface area (Å²) in [5.41, 5.74) is 2.60. The third-order valence-electron chi connectivity index (χ3n) is 1.45. The first kappa shape index (κ1) is 12.6. The van der Waals surface area contributed by atoms with E-state index in [1.54, 1.807) is 30.4 Å². The first-order chi connectivity index (χ1) is 7.08. The van der Waals surface area contributed by atoms with Crippen LogP contribution in [-0.4, -0.2) is 31.6 Å². The number of hydrogen-bond donors (Lipinski definition) is 1. The molecule has 0 aliphatic heterocycles. The molecule has 0 fully saturated rings. The number of nitrogens with one attached hydrogen (secondary N) is 1. The molecule has 1 aromatic heterocycles. The molecule has 1 N–H and O–H groups in total. The molecule has 1 rings (SSSR count). The van der Waals surface area contributed by atoms with E-state index in [9.17, 15) is 4.79 Å². The maximum absolute atomic E-state index is 11.2. The Morgan fingerprint density at radius 3 is 2.93 bits per heavy atom. The topological polar surface area (TPSA) is 41.6 Å².